The molecule has 1 aromatic carbocycles. The van der Waals surface area contributed by atoms with Crippen molar-refractivity contribution in [1.82, 2.24) is 4.90 Å². The Hall–Kier alpha value is -1.55. The molecule has 2 aliphatic rings. The van der Waals surface area contributed by atoms with E-state index in [0.717, 1.165) is 39.0 Å². The molecule has 0 N–H and O–H groups in total. The third-order valence-electron chi connectivity index (χ3n) is 5.05. The van der Waals surface area contributed by atoms with Gasteiger partial charge in [-0.2, -0.15) is 0 Å². The molecule has 1 aromatic rings. The van der Waals surface area contributed by atoms with Crippen molar-refractivity contribution in [3.63, 3.8) is 0 Å². The average molecular weight is 302 g/mol. The van der Waals surface area contributed by atoms with Gasteiger partial charge in [-0.25, -0.2) is 0 Å². The Balaban J connectivity index is 1.76. The van der Waals surface area contributed by atoms with E-state index in [9.17, 15) is 4.79 Å². The van der Waals surface area contributed by atoms with Crippen LogP contribution in [0.5, 0.6) is 0 Å². The van der Waals surface area contributed by atoms with E-state index in [1.165, 1.54) is 18.2 Å². The van der Waals surface area contributed by atoms with Crippen LogP contribution in [0.1, 0.15) is 25.8 Å². The summed E-state index contributed by atoms with van der Waals surface area (Å²) in [5.74, 6) is 0.220. The molecule has 4 nitrogen and oxygen atoms in total. The summed E-state index contributed by atoms with van der Waals surface area (Å²) in [7, 11) is 0. The number of hydrogen-bond acceptors (Lipinski definition) is 4. The Morgan fingerprint density at radius 1 is 1.32 bits per heavy atom. The number of ether oxygens (including phenoxy) is 1. The Morgan fingerprint density at radius 3 is 2.91 bits per heavy atom. The van der Waals surface area contributed by atoms with Crippen molar-refractivity contribution in [2.24, 2.45) is 5.92 Å². The standard InChI is InChI=1S/C18H26N2O2/c1-3-19-10-9-18(16(12-19)13-22-14(2)21)20-11-8-15-6-4-5-7-17(15)20/h4-7,16,18H,3,8-13H2,1-2H3/t16-,18-/m0/s1. The second-order valence-electron chi connectivity index (χ2n) is 6.38. The summed E-state index contributed by atoms with van der Waals surface area (Å²) in [6.45, 7) is 8.56. The van der Waals surface area contributed by atoms with Gasteiger partial charge in [-0.1, -0.05) is 25.1 Å². The number of nitrogens with zero attached hydrogens (tertiary/aromatic N) is 2. The zero-order valence-electron chi connectivity index (χ0n) is 13.6. The second kappa shape index (κ2) is 6.69. The summed E-state index contributed by atoms with van der Waals surface area (Å²) in [5, 5.41) is 0. The first-order valence-corrected chi connectivity index (χ1v) is 8.39. The second-order valence-corrected chi connectivity index (χ2v) is 6.38. The van der Waals surface area contributed by atoms with Crippen LogP contribution in [0.25, 0.3) is 0 Å². The maximum absolute atomic E-state index is 11.2. The first-order valence-electron chi connectivity index (χ1n) is 8.39. The van der Waals surface area contributed by atoms with E-state index < -0.39 is 0 Å². The third kappa shape index (κ3) is 3.12. The lowest BCUT2D eigenvalue weighted by Crippen LogP contribution is -2.52. The average Bonchev–Trinajstić information content (AvgIpc) is 2.96. The fourth-order valence-corrected chi connectivity index (χ4v) is 3.89. The molecule has 2 atom stereocenters. The topological polar surface area (TPSA) is 32.8 Å². The number of esters is 1. The molecular weight excluding hydrogens is 276 g/mol. The number of carbonyl (C=O) groups is 1. The lowest BCUT2D eigenvalue weighted by Gasteiger charge is -2.43. The largest absolute Gasteiger partial charge is 0.465 e. The van der Waals surface area contributed by atoms with Gasteiger partial charge in [0.2, 0.25) is 0 Å². The molecule has 2 aliphatic heterocycles. The van der Waals surface area contributed by atoms with Crippen LogP contribution in [-0.4, -0.2) is 49.7 Å². The van der Waals surface area contributed by atoms with Crippen LogP contribution < -0.4 is 4.90 Å². The summed E-state index contributed by atoms with van der Waals surface area (Å²) >= 11 is 0. The van der Waals surface area contributed by atoms with E-state index >= 15 is 0 Å². The number of carbonyl (C=O) groups excluding carboxylic acids is 1. The van der Waals surface area contributed by atoms with Crippen LogP contribution in [0.15, 0.2) is 24.3 Å². The highest BCUT2D eigenvalue weighted by atomic mass is 16.5. The van der Waals surface area contributed by atoms with Crippen molar-refractivity contribution in [3.05, 3.63) is 29.8 Å². The molecule has 3 rings (SSSR count). The van der Waals surface area contributed by atoms with Gasteiger partial charge < -0.3 is 14.5 Å². The van der Waals surface area contributed by atoms with Gasteiger partial charge in [0.1, 0.15) is 0 Å². The van der Waals surface area contributed by atoms with Crippen LogP contribution in [0.3, 0.4) is 0 Å². The highest BCUT2D eigenvalue weighted by Gasteiger charge is 2.36. The molecule has 0 amide bonds. The van der Waals surface area contributed by atoms with E-state index in [2.05, 4.69) is 41.0 Å². The summed E-state index contributed by atoms with van der Waals surface area (Å²) in [4.78, 5) is 16.2. The molecule has 0 saturated carbocycles. The zero-order chi connectivity index (χ0) is 15.5. The normalized spacial score (nSPS) is 25.1. The molecule has 1 saturated heterocycles. The quantitative estimate of drug-likeness (QED) is 0.799. The minimum atomic E-state index is -0.172. The Labute approximate surface area is 133 Å². The molecule has 0 aliphatic carbocycles. The Morgan fingerprint density at radius 2 is 2.14 bits per heavy atom. The molecule has 2 heterocycles. The van der Waals surface area contributed by atoms with Crippen molar-refractivity contribution in [2.45, 2.75) is 32.7 Å². The van der Waals surface area contributed by atoms with Gasteiger partial charge in [0.15, 0.2) is 0 Å². The number of rotatable bonds is 4. The van der Waals surface area contributed by atoms with Crippen molar-refractivity contribution >= 4 is 11.7 Å². The lowest BCUT2D eigenvalue weighted by molar-refractivity contribution is -0.143. The number of hydrogen-bond donors (Lipinski definition) is 0. The van der Waals surface area contributed by atoms with E-state index in [-0.39, 0.29) is 5.97 Å². The first kappa shape index (κ1) is 15.3. The third-order valence-corrected chi connectivity index (χ3v) is 5.05. The fraction of sp³-hybridized carbons (Fsp3) is 0.611. The fourth-order valence-electron chi connectivity index (χ4n) is 3.89. The Bertz CT molecular complexity index is 532. The maximum atomic E-state index is 11.2. The molecule has 1 fully saturated rings. The van der Waals surface area contributed by atoms with Crippen LogP contribution in [-0.2, 0) is 16.0 Å². The minimum Gasteiger partial charge on any atom is -0.465 e. The summed E-state index contributed by atoms with van der Waals surface area (Å²) in [6, 6.07) is 9.19. The minimum absolute atomic E-state index is 0.172. The van der Waals surface area contributed by atoms with Crippen molar-refractivity contribution in [2.75, 3.05) is 37.7 Å². The van der Waals surface area contributed by atoms with E-state index in [0.29, 0.717) is 18.6 Å². The number of fused-ring (bicyclic) bond motifs is 1. The predicted octanol–water partition coefficient (Wildman–Crippen LogP) is 2.32. The smallest absolute Gasteiger partial charge is 0.302 e. The molecule has 0 bridgehead atoms. The van der Waals surface area contributed by atoms with E-state index in [4.69, 9.17) is 4.74 Å². The maximum Gasteiger partial charge on any atom is 0.302 e. The van der Waals surface area contributed by atoms with Gasteiger partial charge in [-0.15, -0.1) is 0 Å². The molecule has 22 heavy (non-hydrogen) atoms. The molecule has 0 aromatic heterocycles. The number of benzene rings is 1. The van der Waals surface area contributed by atoms with Gasteiger partial charge in [-0.05, 0) is 31.0 Å². The van der Waals surface area contributed by atoms with Crippen molar-refractivity contribution in [1.29, 1.82) is 0 Å². The molecule has 4 heteroatoms. The van der Waals surface area contributed by atoms with E-state index in [1.807, 2.05) is 0 Å². The number of likely N-dealkylation sites (tertiary alicyclic amines) is 1. The summed E-state index contributed by atoms with van der Waals surface area (Å²) in [5.41, 5.74) is 2.83. The molecule has 120 valence electrons. The zero-order valence-corrected chi connectivity index (χ0v) is 13.6. The van der Waals surface area contributed by atoms with Gasteiger partial charge in [0.05, 0.1) is 6.61 Å². The Kier molecular flexibility index (Phi) is 4.67. The lowest BCUT2D eigenvalue weighted by atomic mass is 9.91. The molecule has 0 unspecified atom stereocenters. The van der Waals surface area contributed by atoms with Gasteiger partial charge in [-0.3, -0.25) is 4.79 Å². The van der Waals surface area contributed by atoms with E-state index in [1.54, 1.807) is 0 Å². The number of piperidine rings is 1. The van der Waals surface area contributed by atoms with Crippen LogP contribution >= 0.6 is 0 Å². The van der Waals surface area contributed by atoms with Crippen LogP contribution in [0.2, 0.25) is 0 Å². The number of anilines is 1. The number of para-hydroxylation sites is 1. The first-order chi connectivity index (χ1) is 10.7. The summed E-state index contributed by atoms with van der Waals surface area (Å²) < 4.78 is 5.36. The highest BCUT2D eigenvalue weighted by molar-refractivity contribution is 5.66. The molecule has 0 spiro atoms. The monoisotopic (exact) mass is 302 g/mol. The molecular formula is C18H26N2O2. The summed E-state index contributed by atoms with van der Waals surface area (Å²) in [6.07, 6.45) is 2.28. The van der Waals surface area contributed by atoms with Crippen LogP contribution in [0, 0.1) is 5.92 Å². The van der Waals surface area contributed by atoms with Crippen molar-refractivity contribution < 1.29 is 9.53 Å². The highest BCUT2D eigenvalue weighted by Crippen LogP contribution is 2.34. The van der Waals surface area contributed by atoms with Crippen LogP contribution in [0.4, 0.5) is 5.69 Å². The SMILES string of the molecule is CCN1CC[C@H](N2CCc3ccccc32)[C@H](COC(C)=O)C1. The van der Waals surface area contributed by atoms with Gasteiger partial charge in [0.25, 0.3) is 0 Å². The van der Waals surface area contributed by atoms with Gasteiger partial charge in [0, 0.05) is 44.2 Å². The van der Waals surface area contributed by atoms with Gasteiger partial charge >= 0.3 is 5.97 Å². The predicted molar refractivity (Wildman–Crippen MR) is 88.1 cm³/mol. The van der Waals surface area contributed by atoms with Crippen molar-refractivity contribution in [3.8, 4) is 0 Å². The molecule has 0 radical (unpaired) electrons.